The molecule has 0 aromatic heterocycles. The Labute approximate surface area is 279 Å². The minimum absolute atomic E-state index is 0.0218. The van der Waals surface area contributed by atoms with Crippen LogP contribution in [-0.4, -0.2) is 113 Å². The molecule has 0 radical (unpaired) electrons. The van der Waals surface area contributed by atoms with Crippen molar-refractivity contribution in [3.05, 3.63) is 60.8 Å². The van der Waals surface area contributed by atoms with Crippen LogP contribution >= 0.6 is 0 Å². The Balaban J connectivity index is 2.99. The highest BCUT2D eigenvalue weighted by atomic mass is 16.5. The van der Waals surface area contributed by atoms with Gasteiger partial charge in [0.2, 0.25) is 0 Å². The van der Waals surface area contributed by atoms with Gasteiger partial charge in [0.25, 0.3) is 0 Å². The minimum Gasteiger partial charge on any atom is -0.459 e. The number of aliphatic hydroxyl groups excluding tert-OH is 9. The predicted molar refractivity (Wildman–Crippen MR) is 180 cm³/mol. The molecule has 9 N–H and O–H groups in total. The second kappa shape index (κ2) is 23.2. The van der Waals surface area contributed by atoms with E-state index >= 15 is 0 Å². The Morgan fingerprint density at radius 1 is 0.553 bits per heavy atom. The SMILES string of the molecule is CC(C)[C@@H]1OC(=O)C=CC=CC=CC=CC=CC[C@H](O)[C@H](C)[C@H](O)C[C@H](O)C[C@H](O)C[C@H](O)CC[C@H](O)[C@H](O)C[C@H](O)C[C@H](O)[C@@H]1C. The zero-order valence-electron chi connectivity index (χ0n) is 28.3. The molecule has 0 fully saturated rings. The topological polar surface area (TPSA) is 208 Å². The molecule has 1 aliphatic rings. The van der Waals surface area contributed by atoms with Gasteiger partial charge in [-0.1, -0.05) is 82.4 Å². The van der Waals surface area contributed by atoms with E-state index in [2.05, 4.69) is 0 Å². The maximum atomic E-state index is 12.4. The first kappa shape index (κ1) is 42.8. The van der Waals surface area contributed by atoms with E-state index < -0.39 is 78.8 Å². The van der Waals surface area contributed by atoms with Crippen LogP contribution in [0, 0.1) is 17.8 Å². The predicted octanol–water partition coefficient (Wildman–Crippen LogP) is 1.99. The van der Waals surface area contributed by atoms with Gasteiger partial charge in [0.05, 0.1) is 54.9 Å². The summed E-state index contributed by atoms with van der Waals surface area (Å²) in [4.78, 5) is 12.4. The van der Waals surface area contributed by atoms with Crippen LogP contribution in [0.15, 0.2) is 60.8 Å². The molecule has 270 valence electrons. The number of allylic oxidation sites excluding steroid dienone is 8. The van der Waals surface area contributed by atoms with E-state index in [1.54, 1.807) is 62.5 Å². The van der Waals surface area contributed by atoms with Crippen molar-refractivity contribution in [2.75, 3.05) is 0 Å². The van der Waals surface area contributed by atoms with Crippen molar-refractivity contribution >= 4 is 5.97 Å². The van der Waals surface area contributed by atoms with E-state index in [1.807, 2.05) is 13.8 Å². The van der Waals surface area contributed by atoms with Gasteiger partial charge >= 0.3 is 5.97 Å². The maximum Gasteiger partial charge on any atom is 0.331 e. The molecule has 0 unspecified atom stereocenters. The van der Waals surface area contributed by atoms with Crippen LogP contribution in [0.5, 0.6) is 0 Å². The normalized spacial score (nSPS) is 37.6. The quantitative estimate of drug-likeness (QED) is 0.185. The van der Waals surface area contributed by atoms with E-state index in [4.69, 9.17) is 4.74 Å². The van der Waals surface area contributed by atoms with Crippen molar-refractivity contribution < 1.29 is 55.5 Å². The maximum absolute atomic E-state index is 12.4. The minimum atomic E-state index is -1.34. The lowest BCUT2D eigenvalue weighted by atomic mass is 9.86. The number of carbonyl (C=O) groups is 1. The number of aliphatic hydroxyl groups is 9. The van der Waals surface area contributed by atoms with Gasteiger partial charge in [-0.25, -0.2) is 4.79 Å². The van der Waals surface area contributed by atoms with E-state index in [0.717, 1.165) is 0 Å². The summed E-state index contributed by atoms with van der Waals surface area (Å²) in [6, 6.07) is 0. The molecule has 0 aliphatic carbocycles. The van der Waals surface area contributed by atoms with Crippen molar-refractivity contribution in [2.45, 2.75) is 140 Å². The summed E-state index contributed by atoms with van der Waals surface area (Å²) in [5, 5.41) is 94.2. The van der Waals surface area contributed by atoms with Gasteiger partial charge in [0.15, 0.2) is 0 Å². The molecular weight excluding hydrogens is 608 g/mol. The third kappa shape index (κ3) is 18.2. The second-order valence-electron chi connectivity index (χ2n) is 13.2. The summed E-state index contributed by atoms with van der Waals surface area (Å²) in [5.41, 5.74) is 0. The number of esters is 1. The van der Waals surface area contributed by atoms with Crippen LogP contribution in [0.1, 0.15) is 79.1 Å². The van der Waals surface area contributed by atoms with Gasteiger partial charge in [-0.2, -0.15) is 0 Å². The number of ether oxygens (including phenoxy) is 1. The Hall–Kier alpha value is -2.19. The number of hydrogen-bond acceptors (Lipinski definition) is 11. The van der Waals surface area contributed by atoms with Crippen molar-refractivity contribution in [2.24, 2.45) is 17.8 Å². The Morgan fingerprint density at radius 3 is 1.62 bits per heavy atom. The highest BCUT2D eigenvalue weighted by Crippen LogP contribution is 2.25. The molecule has 0 saturated heterocycles. The monoisotopic (exact) mass is 668 g/mol. The lowest BCUT2D eigenvalue weighted by Crippen LogP contribution is -2.39. The van der Waals surface area contributed by atoms with Gasteiger partial charge < -0.3 is 50.7 Å². The zero-order valence-corrected chi connectivity index (χ0v) is 28.3. The number of carbonyl (C=O) groups excluding carboxylic acids is 1. The van der Waals surface area contributed by atoms with Crippen molar-refractivity contribution in [1.82, 2.24) is 0 Å². The largest absolute Gasteiger partial charge is 0.459 e. The molecule has 47 heavy (non-hydrogen) atoms. The van der Waals surface area contributed by atoms with Crippen LogP contribution < -0.4 is 0 Å². The van der Waals surface area contributed by atoms with Crippen LogP contribution in [0.2, 0.25) is 0 Å². The molecule has 1 heterocycles. The molecule has 1 rings (SSSR count). The molecule has 0 aromatic rings. The van der Waals surface area contributed by atoms with Gasteiger partial charge in [0.1, 0.15) is 6.10 Å². The van der Waals surface area contributed by atoms with Gasteiger partial charge in [-0.15, -0.1) is 0 Å². The highest BCUT2D eigenvalue weighted by molar-refractivity contribution is 5.82. The second-order valence-corrected chi connectivity index (χ2v) is 13.2. The average molecular weight is 669 g/mol. The van der Waals surface area contributed by atoms with E-state index in [0.29, 0.717) is 0 Å². The van der Waals surface area contributed by atoms with E-state index in [9.17, 15) is 50.8 Å². The molecular formula is C36H60O11. The first-order valence-corrected chi connectivity index (χ1v) is 16.8. The molecule has 0 saturated carbocycles. The summed E-state index contributed by atoms with van der Waals surface area (Å²) in [5.74, 6) is -1.79. The lowest BCUT2D eigenvalue weighted by Gasteiger charge is -2.31. The summed E-state index contributed by atoms with van der Waals surface area (Å²) >= 11 is 0. The molecule has 1 aliphatic heterocycles. The van der Waals surface area contributed by atoms with Crippen LogP contribution in [0.25, 0.3) is 0 Å². The molecule has 0 amide bonds. The fourth-order valence-electron chi connectivity index (χ4n) is 5.54. The third-order valence-electron chi connectivity index (χ3n) is 8.64. The van der Waals surface area contributed by atoms with Crippen molar-refractivity contribution in [3.63, 3.8) is 0 Å². The molecule has 12 atom stereocenters. The first-order chi connectivity index (χ1) is 22.1. The lowest BCUT2D eigenvalue weighted by molar-refractivity contribution is -0.151. The van der Waals surface area contributed by atoms with Gasteiger partial charge in [-0.05, 0) is 50.9 Å². The van der Waals surface area contributed by atoms with Crippen LogP contribution in [0.4, 0.5) is 0 Å². The molecule has 0 spiro atoms. The standard InChI is InChI=1S/C36H60O11/c1-23(2)36-25(4)33(44)21-29(40)22-34(45)31(42)17-16-26(37)18-27(38)19-28(39)20-32(43)24(3)30(41)14-12-10-8-6-5-7-9-11-13-15-35(46)47-36/h5-13,15,23-34,36-45H,14,16-22H2,1-4H3/t24-,25-,26+,27+,28+,29+,30-,31-,32+,33-,34+,36-/m0/s1. The zero-order chi connectivity index (χ0) is 35.5. The molecule has 0 bridgehead atoms. The highest BCUT2D eigenvalue weighted by Gasteiger charge is 2.32. The van der Waals surface area contributed by atoms with Gasteiger partial charge in [0, 0.05) is 24.3 Å². The van der Waals surface area contributed by atoms with E-state index in [1.165, 1.54) is 12.2 Å². The van der Waals surface area contributed by atoms with Gasteiger partial charge in [-0.3, -0.25) is 0 Å². The van der Waals surface area contributed by atoms with E-state index in [-0.39, 0.29) is 57.3 Å². The first-order valence-electron chi connectivity index (χ1n) is 16.8. The third-order valence-corrected chi connectivity index (χ3v) is 8.64. The van der Waals surface area contributed by atoms with Crippen LogP contribution in [0.3, 0.4) is 0 Å². The number of rotatable bonds is 1. The number of cyclic esters (lactones) is 1. The Bertz CT molecular complexity index is 1010. The molecule has 11 nitrogen and oxygen atoms in total. The molecule has 0 aromatic carbocycles. The van der Waals surface area contributed by atoms with Crippen molar-refractivity contribution in [1.29, 1.82) is 0 Å². The summed E-state index contributed by atoms with van der Waals surface area (Å²) in [6.45, 7) is 7.09. The number of hydrogen-bond donors (Lipinski definition) is 9. The Morgan fingerprint density at radius 2 is 1.02 bits per heavy atom. The average Bonchev–Trinajstić information content (AvgIpc) is 2.99. The fraction of sp³-hybridized carbons (Fsp3) is 0.694. The van der Waals surface area contributed by atoms with Crippen molar-refractivity contribution in [3.8, 4) is 0 Å². The summed E-state index contributed by atoms with van der Waals surface area (Å²) < 4.78 is 5.61. The fourth-order valence-corrected chi connectivity index (χ4v) is 5.54. The summed E-state index contributed by atoms with van der Waals surface area (Å²) in [6.07, 6.45) is 5.94. The Kier molecular flexibility index (Phi) is 21.2. The van der Waals surface area contributed by atoms with Crippen LogP contribution in [-0.2, 0) is 9.53 Å². The summed E-state index contributed by atoms with van der Waals surface area (Å²) in [7, 11) is 0. The molecule has 11 heteroatoms. The smallest absolute Gasteiger partial charge is 0.331 e.